The van der Waals surface area contributed by atoms with E-state index in [2.05, 4.69) is 5.32 Å². The van der Waals surface area contributed by atoms with Crippen LogP contribution in [0.2, 0.25) is 0 Å². The molecule has 1 aliphatic heterocycles. The van der Waals surface area contributed by atoms with Crippen LogP contribution in [-0.4, -0.2) is 37.3 Å². The number of sulfonamides is 1. The zero-order chi connectivity index (χ0) is 18.0. The first kappa shape index (κ1) is 20.2. The molecule has 0 radical (unpaired) electrons. The van der Waals surface area contributed by atoms with Gasteiger partial charge >= 0.3 is 0 Å². The molecule has 0 bridgehead atoms. The van der Waals surface area contributed by atoms with Crippen LogP contribution in [0.3, 0.4) is 0 Å². The van der Waals surface area contributed by atoms with Crippen molar-refractivity contribution in [3.63, 3.8) is 0 Å². The summed E-state index contributed by atoms with van der Waals surface area (Å²) in [6.07, 6.45) is 0. The second-order valence-corrected chi connectivity index (χ2v) is 7.47. The van der Waals surface area contributed by atoms with Crippen molar-refractivity contribution in [1.82, 2.24) is 9.62 Å². The van der Waals surface area contributed by atoms with Crippen molar-refractivity contribution in [3.05, 3.63) is 70.0 Å². The van der Waals surface area contributed by atoms with Crippen LogP contribution in [0.4, 0.5) is 10.1 Å². The monoisotopic (exact) mass is 401 g/mol. The predicted molar refractivity (Wildman–Crippen MR) is 96.2 cm³/mol. The molecule has 1 aliphatic rings. The molecule has 1 N–H and O–H groups in total. The number of piperazine rings is 1. The number of rotatable bonds is 4. The molecule has 10 heteroatoms. The lowest BCUT2D eigenvalue weighted by atomic mass is 10.1. The van der Waals surface area contributed by atoms with Gasteiger partial charge in [0.15, 0.2) is 4.90 Å². The standard InChI is InChI=1S/C16H16FN3O4S.ClH/c17-13-5-3-4-12(10-13)15-11-18-8-9-19(15)25(23,24)16-7-2-1-6-14(16)20(21)22;/h1-7,10,15,18H,8-9,11H2;1H. The molecule has 1 fully saturated rings. The zero-order valence-electron chi connectivity index (χ0n) is 13.5. The molecule has 0 amide bonds. The Labute approximate surface area is 156 Å². The van der Waals surface area contributed by atoms with E-state index in [4.69, 9.17) is 0 Å². The molecule has 2 aromatic rings. The Bertz CT molecular complexity index is 910. The SMILES string of the molecule is Cl.O=[N+]([O-])c1ccccc1S(=O)(=O)N1CCNCC1c1cccc(F)c1. The summed E-state index contributed by atoms with van der Waals surface area (Å²) < 4.78 is 40.9. The van der Waals surface area contributed by atoms with E-state index in [1.165, 1.54) is 40.7 Å². The molecule has 0 aliphatic carbocycles. The Hall–Kier alpha value is -2.07. The molecule has 1 unspecified atom stereocenters. The molecule has 1 heterocycles. The van der Waals surface area contributed by atoms with E-state index in [-0.39, 0.29) is 23.8 Å². The molecule has 0 spiro atoms. The molecule has 1 saturated heterocycles. The van der Waals surface area contributed by atoms with Crippen molar-refractivity contribution in [2.24, 2.45) is 0 Å². The molecule has 0 aromatic heterocycles. The fraction of sp³-hybridized carbons (Fsp3) is 0.250. The molecule has 140 valence electrons. The minimum Gasteiger partial charge on any atom is -0.313 e. The van der Waals surface area contributed by atoms with Crippen molar-refractivity contribution < 1.29 is 17.7 Å². The summed E-state index contributed by atoms with van der Waals surface area (Å²) >= 11 is 0. The van der Waals surface area contributed by atoms with Crippen molar-refractivity contribution in [2.75, 3.05) is 19.6 Å². The van der Waals surface area contributed by atoms with Gasteiger partial charge in [-0.1, -0.05) is 24.3 Å². The molecule has 3 rings (SSSR count). The first-order chi connectivity index (χ1) is 11.9. The largest absolute Gasteiger partial charge is 0.313 e. The Kier molecular flexibility index (Phi) is 6.30. The number of hydrogen-bond donors (Lipinski definition) is 1. The Morgan fingerprint density at radius 1 is 1.19 bits per heavy atom. The summed E-state index contributed by atoms with van der Waals surface area (Å²) in [5, 5.41) is 14.3. The van der Waals surface area contributed by atoms with Crippen molar-refractivity contribution in [3.8, 4) is 0 Å². The summed E-state index contributed by atoms with van der Waals surface area (Å²) in [6.45, 7) is 0.838. The third-order valence-corrected chi connectivity index (χ3v) is 6.03. The lowest BCUT2D eigenvalue weighted by molar-refractivity contribution is -0.387. The highest BCUT2D eigenvalue weighted by Crippen LogP contribution is 2.33. The number of benzene rings is 2. The van der Waals surface area contributed by atoms with Crippen LogP contribution in [0.5, 0.6) is 0 Å². The van der Waals surface area contributed by atoms with Gasteiger partial charge in [-0.15, -0.1) is 12.4 Å². The number of hydrogen-bond acceptors (Lipinski definition) is 5. The van der Waals surface area contributed by atoms with Crippen molar-refractivity contribution in [1.29, 1.82) is 0 Å². The highest BCUT2D eigenvalue weighted by atomic mass is 35.5. The second kappa shape index (κ2) is 8.09. The van der Waals surface area contributed by atoms with Crippen LogP contribution in [0.25, 0.3) is 0 Å². The van der Waals surface area contributed by atoms with Crippen LogP contribution in [0.1, 0.15) is 11.6 Å². The van der Waals surface area contributed by atoms with Gasteiger partial charge in [-0.05, 0) is 23.8 Å². The van der Waals surface area contributed by atoms with Crippen molar-refractivity contribution >= 4 is 28.1 Å². The van der Waals surface area contributed by atoms with E-state index >= 15 is 0 Å². The number of para-hydroxylation sites is 1. The third-order valence-electron chi connectivity index (χ3n) is 4.08. The van der Waals surface area contributed by atoms with E-state index in [1.54, 1.807) is 6.07 Å². The quantitative estimate of drug-likeness (QED) is 0.627. The minimum atomic E-state index is -4.12. The summed E-state index contributed by atoms with van der Waals surface area (Å²) in [6, 6.07) is 10.3. The molecular formula is C16H17ClFN3O4S. The molecular weight excluding hydrogens is 385 g/mol. The van der Waals surface area contributed by atoms with Gasteiger partial charge in [0.05, 0.1) is 11.0 Å². The lowest BCUT2D eigenvalue weighted by Gasteiger charge is -2.35. The van der Waals surface area contributed by atoms with Gasteiger partial charge in [0, 0.05) is 25.7 Å². The van der Waals surface area contributed by atoms with E-state index in [9.17, 15) is 22.9 Å². The number of nitrogens with zero attached hydrogens (tertiary/aromatic N) is 2. The summed E-state index contributed by atoms with van der Waals surface area (Å²) in [7, 11) is -4.12. The maximum Gasteiger partial charge on any atom is 0.289 e. The molecule has 26 heavy (non-hydrogen) atoms. The van der Waals surface area contributed by atoms with Gasteiger partial charge in [0.25, 0.3) is 15.7 Å². The minimum absolute atomic E-state index is 0. The summed E-state index contributed by atoms with van der Waals surface area (Å²) in [4.78, 5) is 10.1. The van der Waals surface area contributed by atoms with Crippen LogP contribution >= 0.6 is 12.4 Å². The zero-order valence-corrected chi connectivity index (χ0v) is 15.2. The van der Waals surface area contributed by atoms with E-state index in [1.807, 2.05) is 0 Å². The first-order valence-corrected chi connectivity index (χ1v) is 9.07. The Balaban J connectivity index is 0.00000243. The molecule has 1 atom stereocenters. The number of nitrogens with one attached hydrogen (secondary N) is 1. The van der Waals surface area contributed by atoms with Crippen LogP contribution in [0.15, 0.2) is 53.4 Å². The van der Waals surface area contributed by atoms with E-state index < -0.39 is 32.5 Å². The van der Waals surface area contributed by atoms with Gasteiger partial charge in [0.2, 0.25) is 0 Å². The molecule has 0 saturated carbocycles. The average molecular weight is 402 g/mol. The number of nitro benzene ring substituents is 1. The normalized spacial score (nSPS) is 18.1. The number of halogens is 2. The fourth-order valence-electron chi connectivity index (χ4n) is 2.92. The highest BCUT2D eigenvalue weighted by molar-refractivity contribution is 7.89. The van der Waals surface area contributed by atoms with Crippen LogP contribution in [0, 0.1) is 15.9 Å². The van der Waals surface area contributed by atoms with E-state index in [0.717, 1.165) is 6.07 Å². The summed E-state index contributed by atoms with van der Waals surface area (Å²) in [5.41, 5.74) is 0.0217. The van der Waals surface area contributed by atoms with Crippen LogP contribution in [-0.2, 0) is 10.0 Å². The first-order valence-electron chi connectivity index (χ1n) is 7.62. The Morgan fingerprint density at radius 2 is 1.92 bits per heavy atom. The number of nitro groups is 1. The fourth-order valence-corrected chi connectivity index (χ4v) is 4.70. The lowest BCUT2D eigenvalue weighted by Crippen LogP contribution is -2.48. The van der Waals surface area contributed by atoms with Gasteiger partial charge in [0.1, 0.15) is 5.82 Å². The maximum atomic E-state index is 13.6. The predicted octanol–water partition coefficient (Wildman–Crippen LogP) is 2.49. The topological polar surface area (TPSA) is 92.5 Å². The third kappa shape index (κ3) is 3.85. The van der Waals surface area contributed by atoms with E-state index in [0.29, 0.717) is 18.7 Å². The smallest absolute Gasteiger partial charge is 0.289 e. The van der Waals surface area contributed by atoms with Gasteiger partial charge in [-0.3, -0.25) is 10.1 Å². The summed E-state index contributed by atoms with van der Waals surface area (Å²) in [5.74, 6) is -0.467. The second-order valence-electron chi connectivity index (χ2n) is 5.62. The molecule has 7 nitrogen and oxygen atoms in total. The molecule has 2 aromatic carbocycles. The Morgan fingerprint density at radius 3 is 2.62 bits per heavy atom. The van der Waals surface area contributed by atoms with Gasteiger partial charge in [-0.25, -0.2) is 12.8 Å². The van der Waals surface area contributed by atoms with Gasteiger partial charge in [-0.2, -0.15) is 4.31 Å². The highest BCUT2D eigenvalue weighted by Gasteiger charge is 2.37. The average Bonchev–Trinajstić information content (AvgIpc) is 2.61. The van der Waals surface area contributed by atoms with Crippen molar-refractivity contribution in [2.45, 2.75) is 10.9 Å². The van der Waals surface area contributed by atoms with Crippen LogP contribution < -0.4 is 5.32 Å². The maximum absolute atomic E-state index is 13.6. The van der Waals surface area contributed by atoms with Gasteiger partial charge < -0.3 is 5.32 Å².